The molecule has 0 unspecified atom stereocenters. The van der Waals surface area contributed by atoms with Gasteiger partial charge in [0.15, 0.2) is 0 Å². The zero-order chi connectivity index (χ0) is 21.0. The predicted octanol–water partition coefficient (Wildman–Crippen LogP) is 6.65. The molecular formula is C27H46O2. The zero-order valence-corrected chi connectivity index (χ0v) is 19.8. The molecule has 4 aliphatic rings. The monoisotopic (exact) mass is 402 g/mol. The van der Waals surface area contributed by atoms with E-state index in [4.69, 9.17) is 0 Å². The zero-order valence-electron chi connectivity index (χ0n) is 19.8. The smallest absolute Gasteiger partial charge is 0.137 e. The number of carbonyl (C=O) groups is 1. The minimum Gasteiger partial charge on any atom is -0.393 e. The lowest BCUT2D eigenvalue weighted by molar-refractivity contribution is -0.146. The molecule has 2 heteroatoms. The molecule has 1 N–H and O–H groups in total. The van der Waals surface area contributed by atoms with E-state index in [1.54, 1.807) is 0 Å². The Morgan fingerprint density at radius 1 is 1.00 bits per heavy atom. The van der Waals surface area contributed by atoms with E-state index in [9.17, 15) is 9.90 Å². The fourth-order valence-electron chi connectivity index (χ4n) is 8.97. The molecule has 4 rings (SSSR count). The van der Waals surface area contributed by atoms with E-state index in [-0.39, 0.29) is 11.5 Å². The SMILES string of the molecule is CC(C)CCC[C@@H](C)[C@H]1CC(=O)[C@H]2[C@@H]3CC[C@H]4C[C@H](O)CC[C@]4(C)[C@H]3CC[C@]12C. The van der Waals surface area contributed by atoms with Gasteiger partial charge in [-0.15, -0.1) is 0 Å². The van der Waals surface area contributed by atoms with Crippen LogP contribution in [0.2, 0.25) is 0 Å². The van der Waals surface area contributed by atoms with E-state index in [1.165, 1.54) is 51.4 Å². The fourth-order valence-corrected chi connectivity index (χ4v) is 8.97. The molecular weight excluding hydrogens is 356 g/mol. The molecule has 0 aromatic carbocycles. The maximum atomic E-state index is 13.4. The first-order chi connectivity index (χ1) is 13.7. The second kappa shape index (κ2) is 7.95. The summed E-state index contributed by atoms with van der Waals surface area (Å²) in [4.78, 5) is 13.4. The highest BCUT2D eigenvalue weighted by atomic mass is 16.3. The third-order valence-corrected chi connectivity index (χ3v) is 10.6. The van der Waals surface area contributed by atoms with Crippen molar-refractivity contribution in [2.24, 2.45) is 52.3 Å². The summed E-state index contributed by atoms with van der Waals surface area (Å²) in [5, 5.41) is 10.2. The summed E-state index contributed by atoms with van der Waals surface area (Å²) in [7, 11) is 0. The van der Waals surface area contributed by atoms with E-state index in [1.807, 2.05) is 0 Å². The van der Waals surface area contributed by atoms with Gasteiger partial charge in [0.1, 0.15) is 5.78 Å². The van der Waals surface area contributed by atoms with Gasteiger partial charge in [0.05, 0.1) is 6.10 Å². The molecule has 4 aliphatic carbocycles. The van der Waals surface area contributed by atoms with Crippen LogP contribution in [0.1, 0.15) is 105 Å². The van der Waals surface area contributed by atoms with Crippen molar-refractivity contribution in [3.63, 3.8) is 0 Å². The van der Waals surface area contributed by atoms with Gasteiger partial charge in [0, 0.05) is 12.3 Å². The Morgan fingerprint density at radius 3 is 2.45 bits per heavy atom. The predicted molar refractivity (Wildman–Crippen MR) is 119 cm³/mol. The molecule has 29 heavy (non-hydrogen) atoms. The molecule has 4 fully saturated rings. The first-order valence-electron chi connectivity index (χ1n) is 12.9. The highest BCUT2D eigenvalue weighted by Crippen LogP contribution is 2.67. The van der Waals surface area contributed by atoms with Crippen LogP contribution in [0.3, 0.4) is 0 Å². The molecule has 0 aliphatic heterocycles. The average Bonchev–Trinajstić information content (AvgIpc) is 2.93. The minimum atomic E-state index is -0.0809. The van der Waals surface area contributed by atoms with Crippen LogP contribution in [-0.4, -0.2) is 17.0 Å². The summed E-state index contributed by atoms with van der Waals surface area (Å²) in [6.45, 7) is 12.1. The summed E-state index contributed by atoms with van der Waals surface area (Å²) in [6, 6.07) is 0. The summed E-state index contributed by atoms with van der Waals surface area (Å²) in [5.74, 6) is 5.02. The number of rotatable bonds is 5. The number of hydrogen-bond donors (Lipinski definition) is 1. The van der Waals surface area contributed by atoms with Gasteiger partial charge in [-0.05, 0) is 91.3 Å². The Hall–Kier alpha value is -0.370. The largest absolute Gasteiger partial charge is 0.393 e. The number of carbonyl (C=O) groups excluding carboxylic acids is 1. The molecule has 9 atom stereocenters. The molecule has 166 valence electrons. The molecule has 0 radical (unpaired) electrons. The Balaban J connectivity index is 1.51. The van der Waals surface area contributed by atoms with E-state index in [0.717, 1.165) is 25.2 Å². The van der Waals surface area contributed by atoms with Gasteiger partial charge >= 0.3 is 0 Å². The van der Waals surface area contributed by atoms with Crippen LogP contribution in [0.4, 0.5) is 0 Å². The highest BCUT2D eigenvalue weighted by Gasteiger charge is 2.63. The van der Waals surface area contributed by atoms with Gasteiger partial charge in [-0.2, -0.15) is 0 Å². The van der Waals surface area contributed by atoms with Crippen molar-refractivity contribution in [1.82, 2.24) is 0 Å². The van der Waals surface area contributed by atoms with Crippen LogP contribution in [0.5, 0.6) is 0 Å². The molecule has 0 heterocycles. The number of hydrogen-bond acceptors (Lipinski definition) is 2. The molecule has 0 spiro atoms. The topological polar surface area (TPSA) is 37.3 Å². The van der Waals surface area contributed by atoms with Gasteiger partial charge < -0.3 is 5.11 Å². The Bertz CT molecular complexity index is 612. The normalized spacial score (nSPS) is 48.2. The number of Topliss-reactive ketones (excluding diaryl/α,β-unsaturated/α-hetero) is 1. The van der Waals surface area contributed by atoms with Crippen molar-refractivity contribution in [3.05, 3.63) is 0 Å². The van der Waals surface area contributed by atoms with Crippen molar-refractivity contribution in [1.29, 1.82) is 0 Å². The van der Waals surface area contributed by atoms with E-state index < -0.39 is 0 Å². The lowest BCUT2D eigenvalue weighted by Crippen LogP contribution is -2.55. The second-order valence-corrected chi connectivity index (χ2v) is 12.6. The van der Waals surface area contributed by atoms with Crippen LogP contribution in [0, 0.1) is 52.3 Å². The molecule has 0 bridgehead atoms. The summed E-state index contributed by atoms with van der Waals surface area (Å²) in [6.07, 6.45) is 12.9. The lowest BCUT2D eigenvalue weighted by atomic mass is 9.44. The number of aliphatic hydroxyl groups is 1. The van der Waals surface area contributed by atoms with E-state index in [2.05, 4.69) is 34.6 Å². The highest BCUT2D eigenvalue weighted by molar-refractivity contribution is 5.85. The molecule has 0 amide bonds. The van der Waals surface area contributed by atoms with E-state index in [0.29, 0.717) is 46.7 Å². The molecule has 0 saturated heterocycles. The number of aliphatic hydroxyl groups excluding tert-OH is 1. The van der Waals surface area contributed by atoms with Crippen molar-refractivity contribution in [3.8, 4) is 0 Å². The van der Waals surface area contributed by atoms with Crippen LogP contribution in [0.25, 0.3) is 0 Å². The van der Waals surface area contributed by atoms with E-state index >= 15 is 0 Å². The number of ketones is 1. The summed E-state index contributed by atoms with van der Waals surface area (Å²) >= 11 is 0. The first kappa shape index (κ1) is 21.8. The maximum Gasteiger partial charge on any atom is 0.137 e. The second-order valence-electron chi connectivity index (χ2n) is 12.6. The van der Waals surface area contributed by atoms with Gasteiger partial charge in [0.25, 0.3) is 0 Å². The quantitative estimate of drug-likeness (QED) is 0.559. The van der Waals surface area contributed by atoms with Crippen molar-refractivity contribution >= 4 is 5.78 Å². The molecule has 4 saturated carbocycles. The van der Waals surface area contributed by atoms with Crippen LogP contribution in [0.15, 0.2) is 0 Å². The van der Waals surface area contributed by atoms with Crippen molar-refractivity contribution in [2.75, 3.05) is 0 Å². The van der Waals surface area contributed by atoms with Gasteiger partial charge in [0.2, 0.25) is 0 Å². The van der Waals surface area contributed by atoms with Crippen molar-refractivity contribution < 1.29 is 9.90 Å². The maximum absolute atomic E-state index is 13.4. The molecule has 2 nitrogen and oxygen atoms in total. The van der Waals surface area contributed by atoms with Crippen LogP contribution < -0.4 is 0 Å². The third kappa shape index (κ3) is 3.64. The third-order valence-electron chi connectivity index (χ3n) is 10.6. The fraction of sp³-hybridized carbons (Fsp3) is 0.963. The minimum absolute atomic E-state index is 0.0809. The summed E-state index contributed by atoms with van der Waals surface area (Å²) < 4.78 is 0. The average molecular weight is 403 g/mol. The molecule has 0 aromatic heterocycles. The Kier molecular flexibility index (Phi) is 5.99. The Labute approximate surface area is 179 Å². The number of fused-ring (bicyclic) bond motifs is 5. The Morgan fingerprint density at radius 2 is 1.72 bits per heavy atom. The van der Waals surface area contributed by atoms with Crippen LogP contribution in [-0.2, 0) is 4.79 Å². The molecule has 0 aromatic rings. The standard InChI is InChI=1S/C27H46O2/c1-17(2)7-6-8-18(3)23-16-24(29)25-21-10-9-19-15-20(28)11-13-26(19,4)22(21)12-14-27(23,25)5/h17-23,25,28H,6-16H2,1-5H3/t18-,19+,20-,21-,22+,23-,25-,26+,27-/m1/s1. The van der Waals surface area contributed by atoms with Gasteiger partial charge in [-0.3, -0.25) is 4.79 Å². The van der Waals surface area contributed by atoms with Gasteiger partial charge in [-0.25, -0.2) is 0 Å². The lowest BCUT2D eigenvalue weighted by Gasteiger charge is -2.60. The van der Waals surface area contributed by atoms with Crippen LogP contribution >= 0.6 is 0 Å². The first-order valence-corrected chi connectivity index (χ1v) is 12.9. The van der Waals surface area contributed by atoms with Crippen molar-refractivity contribution in [2.45, 2.75) is 111 Å². The van der Waals surface area contributed by atoms with Gasteiger partial charge in [-0.1, -0.05) is 53.9 Å². The summed E-state index contributed by atoms with van der Waals surface area (Å²) in [5.41, 5.74) is 0.609.